The molecule has 2 fully saturated rings. The predicted octanol–water partition coefficient (Wildman–Crippen LogP) is 0.404. The number of rotatable bonds is 1. The fraction of sp³-hybridized carbons (Fsp3) is 0.636. The van der Waals surface area contributed by atoms with Gasteiger partial charge >= 0.3 is 0 Å². The van der Waals surface area contributed by atoms with Crippen molar-refractivity contribution in [2.45, 2.75) is 41.8 Å². The number of hydrogen-bond donors (Lipinski definition) is 1. The molecule has 5 nitrogen and oxygen atoms in total. The molecular weight excluding hydrogens is 240 g/mol. The molecule has 0 saturated carbocycles. The normalized spacial score (nSPS) is 39.1. The zero-order chi connectivity index (χ0) is 12.1. The molecule has 2 saturated heterocycles. The van der Waals surface area contributed by atoms with Crippen LogP contribution in [0.25, 0.3) is 0 Å². The minimum Gasteiger partial charge on any atom is -0.382 e. The van der Waals surface area contributed by atoms with E-state index in [1.54, 1.807) is 18.5 Å². The molecular formula is C11H14N2O3S. The molecule has 2 unspecified atom stereocenters. The molecule has 0 aliphatic carbocycles. The maximum absolute atomic E-state index is 11.9. The average molecular weight is 254 g/mol. The van der Waals surface area contributed by atoms with Crippen LogP contribution in [0.4, 0.5) is 0 Å². The van der Waals surface area contributed by atoms with Crippen LogP contribution in [0.2, 0.25) is 0 Å². The van der Waals surface area contributed by atoms with Gasteiger partial charge in [-0.15, -0.1) is 0 Å². The lowest BCUT2D eigenvalue weighted by molar-refractivity contribution is 0.00850. The van der Waals surface area contributed by atoms with Gasteiger partial charge in [-0.2, -0.15) is 0 Å². The Kier molecular flexibility index (Phi) is 2.28. The number of aliphatic hydroxyl groups is 1. The second-order valence-electron chi connectivity index (χ2n) is 4.92. The van der Waals surface area contributed by atoms with E-state index in [0.717, 1.165) is 0 Å². The summed E-state index contributed by atoms with van der Waals surface area (Å²) in [6, 6.07) is 1.68. The second-order valence-corrected chi connectivity index (χ2v) is 7.43. The van der Waals surface area contributed by atoms with Crippen LogP contribution < -0.4 is 0 Å². The maximum atomic E-state index is 11.9. The SMILES string of the molecule is O=S1(=O)C2CCC1CC(O)(c1ncccn1)C2. The average Bonchev–Trinajstić information content (AvgIpc) is 2.52. The van der Waals surface area contributed by atoms with Gasteiger partial charge in [0.1, 0.15) is 5.60 Å². The van der Waals surface area contributed by atoms with Crippen molar-refractivity contribution < 1.29 is 13.5 Å². The van der Waals surface area contributed by atoms with Gasteiger partial charge in [-0.05, 0) is 18.9 Å². The molecule has 92 valence electrons. The van der Waals surface area contributed by atoms with Crippen LogP contribution in [0, 0.1) is 0 Å². The summed E-state index contributed by atoms with van der Waals surface area (Å²) in [7, 11) is -3.02. The quantitative estimate of drug-likeness (QED) is 0.785. The fourth-order valence-corrected chi connectivity index (χ4v) is 5.46. The molecule has 0 amide bonds. The van der Waals surface area contributed by atoms with Crippen LogP contribution in [0.3, 0.4) is 0 Å². The van der Waals surface area contributed by atoms with Crippen LogP contribution in [0.1, 0.15) is 31.5 Å². The highest BCUT2D eigenvalue weighted by Gasteiger charge is 2.54. The predicted molar refractivity (Wildman–Crippen MR) is 60.9 cm³/mol. The van der Waals surface area contributed by atoms with Gasteiger partial charge in [0.2, 0.25) is 0 Å². The van der Waals surface area contributed by atoms with E-state index in [-0.39, 0.29) is 12.8 Å². The van der Waals surface area contributed by atoms with Crippen LogP contribution in [-0.4, -0.2) is 34.0 Å². The molecule has 6 heteroatoms. The number of nitrogens with zero attached hydrogens (tertiary/aromatic N) is 2. The van der Waals surface area contributed by atoms with E-state index in [9.17, 15) is 13.5 Å². The minimum absolute atomic E-state index is 0.232. The zero-order valence-electron chi connectivity index (χ0n) is 9.28. The number of aromatic nitrogens is 2. The van der Waals surface area contributed by atoms with Crippen molar-refractivity contribution in [2.24, 2.45) is 0 Å². The lowest BCUT2D eigenvalue weighted by Gasteiger charge is -2.34. The molecule has 1 aromatic rings. The summed E-state index contributed by atoms with van der Waals surface area (Å²) in [6.45, 7) is 0. The van der Waals surface area contributed by atoms with Crippen molar-refractivity contribution in [3.63, 3.8) is 0 Å². The Balaban J connectivity index is 1.99. The van der Waals surface area contributed by atoms with Gasteiger partial charge in [0, 0.05) is 25.2 Å². The molecule has 3 heterocycles. The number of sulfone groups is 1. The molecule has 2 aliphatic rings. The van der Waals surface area contributed by atoms with Gasteiger partial charge < -0.3 is 5.11 Å². The second kappa shape index (κ2) is 3.49. The van der Waals surface area contributed by atoms with Gasteiger partial charge in [0.05, 0.1) is 10.5 Å². The first-order chi connectivity index (χ1) is 8.02. The first-order valence-electron chi connectivity index (χ1n) is 5.75. The highest BCUT2D eigenvalue weighted by Crippen LogP contribution is 2.46. The van der Waals surface area contributed by atoms with E-state index in [1.165, 1.54) is 0 Å². The van der Waals surface area contributed by atoms with Gasteiger partial charge in [-0.25, -0.2) is 18.4 Å². The third-order valence-corrected chi connectivity index (χ3v) is 6.52. The van der Waals surface area contributed by atoms with Crippen molar-refractivity contribution in [1.82, 2.24) is 9.97 Å². The van der Waals surface area contributed by atoms with Gasteiger partial charge in [0.15, 0.2) is 15.7 Å². The van der Waals surface area contributed by atoms with Crippen molar-refractivity contribution in [3.8, 4) is 0 Å². The molecule has 0 aromatic carbocycles. The Morgan fingerprint density at radius 3 is 2.24 bits per heavy atom. The molecule has 1 aromatic heterocycles. The molecule has 2 atom stereocenters. The van der Waals surface area contributed by atoms with Crippen molar-refractivity contribution >= 4 is 9.84 Å². The summed E-state index contributed by atoms with van der Waals surface area (Å²) < 4.78 is 23.9. The highest BCUT2D eigenvalue weighted by molar-refractivity contribution is 7.93. The zero-order valence-corrected chi connectivity index (χ0v) is 10.1. The molecule has 0 spiro atoms. The van der Waals surface area contributed by atoms with E-state index in [0.29, 0.717) is 18.7 Å². The lowest BCUT2D eigenvalue weighted by atomic mass is 9.92. The molecule has 17 heavy (non-hydrogen) atoms. The Labute approximate surface area is 99.8 Å². The maximum Gasteiger partial charge on any atom is 0.160 e. The molecule has 0 radical (unpaired) electrons. The molecule has 3 rings (SSSR count). The first-order valence-corrected chi connectivity index (χ1v) is 7.36. The summed E-state index contributed by atoms with van der Waals surface area (Å²) in [5, 5.41) is 9.72. The standard InChI is InChI=1S/C11H14N2O3S/c14-11(10-12-4-1-5-13-10)6-8-2-3-9(7-11)17(8,15)16/h1,4-5,8-9,14H,2-3,6-7H2. The van der Waals surface area contributed by atoms with E-state index in [2.05, 4.69) is 9.97 Å². The van der Waals surface area contributed by atoms with E-state index < -0.39 is 25.9 Å². The Morgan fingerprint density at radius 1 is 1.18 bits per heavy atom. The van der Waals surface area contributed by atoms with Crippen LogP contribution >= 0.6 is 0 Å². The van der Waals surface area contributed by atoms with Crippen molar-refractivity contribution in [3.05, 3.63) is 24.3 Å². The Bertz CT molecular complexity index is 509. The van der Waals surface area contributed by atoms with Gasteiger partial charge in [0.25, 0.3) is 0 Å². The number of fused-ring (bicyclic) bond motifs is 2. The number of hydrogen-bond acceptors (Lipinski definition) is 5. The molecule has 2 bridgehead atoms. The third kappa shape index (κ3) is 1.58. The van der Waals surface area contributed by atoms with E-state index in [1.807, 2.05) is 0 Å². The summed E-state index contributed by atoms with van der Waals surface area (Å²) in [6.07, 6.45) is 4.92. The van der Waals surface area contributed by atoms with Crippen LogP contribution in [0.15, 0.2) is 18.5 Å². The van der Waals surface area contributed by atoms with Crippen molar-refractivity contribution in [1.29, 1.82) is 0 Å². The molecule has 1 N–H and O–H groups in total. The largest absolute Gasteiger partial charge is 0.382 e. The fourth-order valence-electron chi connectivity index (χ4n) is 2.97. The van der Waals surface area contributed by atoms with Crippen LogP contribution in [-0.2, 0) is 15.4 Å². The third-order valence-electron chi connectivity index (χ3n) is 3.85. The Morgan fingerprint density at radius 2 is 1.71 bits per heavy atom. The van der Waals surface area contributed by atoms with Crippen LogP contribution in [0.5, 0.6) is 0 Å². The first kappa shape index (κ1) is 11.1. The summed E-state index contributed by atoms with van der Waals surface area (Å²) in [4.78, 5) is 8.13. The smallest absolute Gasteiger partial charge is 0.160 e. The minimum atomic E-state index is -3.02. The Hall–Kier alpha value is -1.01. The summed E-state index contributed by atoms with van der Waals surface area (Å²) in [5.41, 5.74) is -1.17. The van der Waals surface area contributed by atoms with E-state index in [4.69, 9.17) is 0 Å². The van der Waals surface area contributed by atoms with Gasteiger partial charge in [-0.1, -0.05) is 0 Å². The van der Waals surface area contributed by atoms with Gasteiger partial charge in [-0.3, -0.25) is 0 Å². The topological polar surface area (TPSA) is 80.2 Å². The lowest BCUT2D eigenvalue weighted by Crippen LogP contribution is -2.44. The highest BCUT2D eigenvalue weighted by atomic mass is 32.2. The van der Waals surface area contributed by atoms with Crippen molar-refractivity contribution in [2.75, 3.05) is 0 Å². The monoisotopic (exact) mass is 254 g/mol. The summed E-state index contributed by atoms with van der Waals surface area (Å²) in [5.74, 6) is 0.354. The van der Waals surface area contributed by atoms with E-state index >= 15 is 0 Å². The summed E-state index contributed by atoms with van der Waals surface area (Å²) >= 11 is 0. The molecule has 2 aliphatic heterocycles.